The minimum atomic E-state index is -1.87. The van der Waals surface area contributed by atoms with Gasteiger partial charge in [0.05, 0.1) is 30.4 Å². The Kier molecular flexibility index (Phi) is 8.49. The molecule has 0 aromatic carbocycles. The number of hydrogen-bond acceptors (Lipinski definition) is 7. The van der Waals surface area contributed by atoms with Gasteiger partial charge in [0.2, 0.25) is 5.91 Å². The van der Waals surface area contributed by atoms with Gasteiger partial charge in [0.25, 0.3) is 0 Å². The summed E-state index contributed by atoms with van der Waals surface area (Å²) < 4.78 is 22.4. The normalized spacial score (nSPS) is 39.1. The second-order valence-corrected chi connectivity index (χ2v) is 16.2. The van der Waals surface area contributed by atoms with E-state index in [2.05, 4.69) is 54.9 Å². The largest absolute Gasteiger partial charge is 0.410 e. The van der Waals surface area contributed by atoms with Gasteiger partial charge in [-0.15, -0.1) is 11.8 Å². The van der Waals surface area contributed by atoms with Crippen LogP contribution >= 0.6 is 11.8 Å². The lowest BCUT2D eigenvalue weighted by Gasteiger charge is -2.50. The molecule has 3 fully saturated rings. The molecule has 10 heteroatoms. The van der Waals surface area contributed by atoms with Crippen molar-refractivity contribution in [3.63, 3.8) is 0 Å². The number of allylic oxidation sites excluding steroid dienone is 1. The van der Waals surface area contributed by atoms with E-state index in [4.69, 9.17) is 4.43 Å². The predicted octanol–water partition coefficient (Wildman–Crippen LogP) is 3.72. The second kappa shape index (κ2) is 10.9. The molecule has 4 rings (SSSR count). The molecule has 1 amide bonds. The van der Waals surface area contributed by atoms with Crippen LogP contribution in [0.3, 0.4) is 0 Å². The summed E-state index contributed by atoms with van der Waals surface area (Å²) >= 11 is 1.69. The maximum Gasteiger partial charge on any atom is 0.244 e. The lowest BCUT2D eigenvalue weighted by atomic mass is 9.85. The lowest BCUT2D eigenvalue weighted by molar-refractivity contribution is -0.147. The van der Waals surface area contributed by atoms with Crippen LogP contribution in [-0.4, -0.2) is 73.1 Å². The highest BCUT2D eigenvalue weighted by molar-refractivity contribution is 7.99. The molecule has 6 atom stereocenters. The smallest absolute Gasteiger partial charge is 0.244 e. The van der Waals surface area contributed by atoms with Crippen molar-refractivity contribution in [1.29, 1.82) is 0 Å². The molecule has 4 aliphatic rings. The number of hydrazine groups is 1. The van der Waals surface area contributed by atoms with E-state index in [0.717, 1.165) is 43.8 Å². The molecule has 0 aromatic heterocycles. The first-order valence-corrected chi connectivity index (χ1v) is 17.0. The fraction of sp³-hybridized carbons (Fsp3) is 0.875. The zero-order chi connectivity index (χ0) is 24.5. The van der Waals surface area contributed by atoms with Crippen LogP contribution in [0.25, 0.3) is 0 Å². The molecule has 4 heterocycles. The Morgan fingerprint density at radius 2 is 1.97 bits per heavy atom. The average molecular weight is 514 g/mol. The molecule has 0 spiro atoms. The first kappa shape index (κ1) is 26.6. The van der Waals surface area contributed by atoms with Crippen LogP contribution in [0.15, 0.2) is 11.9 Å². The summed E-state index contributed by atoms with van der Waals surface area (Å²) in [7, 11) is -1.87. The average Bonchev–Trinajstić information content (AvgIpc) is 3.12. The van der Waals surface area contributed by atoms with Gasteiger partial charge in [-0.25, -0.2) is 4.39 Å². The lowest BCUT2D eigenvalue weighted by Crippen LogP contribution is -2.68. The summed E-state index contributed by atoms with van der Waals surface area (Å²) in [4.78, 5) is 13.4. The van der Waals surface area contributed by atoms with Crippen molar-refractivity contribution in [2.45, 2.75) is 107 Å². The van der Waals surface area contributed by atoms with Crippen molar-refractivity contribution in [1.82, 2.24) is 26.0 Å². The van der Waals surface area contributed by atoms with Gasteiger partial charge < -0.3 is 4.43 Å². The molecular formula is C24H44FN5O2SSi. The molecule has 2 bridgehead atoms. The summed E-state index contributed by atoms with van der Waals surface area (Å²) in [6.45, 7) is 9.67. The van der Waals surface area contributed by atoms with Crippen molar-refractivity contribution in [2.24, 2.45) is 5.92 Å². The number of rotatable bonds is 6. The van der Waals surface area contributed by atoms with Crippen LogP contribution < -0.4 is 16.0 Å². The van der Waals surface area contributed by atoms with Gasteiger partial charge >= 0.3 is 0 Å². The summed E-state index contributed by atoms with van der Waals surface area (Å²) in [5.74, 6) is -0.441. The topological polar surface area (TPSA) is 68.9 Å². The Hall–Kier alpha value is -0.493. The van der Waals surface area contributed by atoms with Crippen LogP contribution in [0.5, 0.6) is 0 Å². The van der Waals surface area contributed by atoms with Crippen molar-refractivity contribution in [3.8, 4) is 0 Å². The molecule has 3 N–H and O–H groups in total. The predicted molar refractivity (Wildman–Crippen MR) is 139 cm³/mol. The molecule has 34 heavy (non-hydrogen) atoms. The van der Waals surface area contributed by atoms with E-state index in [1.54, 1.807) is 22.8 Å². The van der Waals surface area contributed by atoms with Gasteiger partial charge in [0.1, 0.15) is 11.3 Å². The zero-order valence-corrected chi connectivity index (χ0v) is 23.3. The Balaban J connectivity index is 1.68. The van der Waals surface area contributed by atoms with Crippen LogP contribution in [0.4, 0.5) is 4.39 Å². The number of amides is 1. The number of thioether (sulfide) groups is 1. The first-order chi connectivity index (χ1) is 16.3. The monoisotopic (exact) mass is 513 g/mol. The summed E-state index contributed by atoms with van der Waals surface area (Å²) in [5, 5.41) is 14.7. The zero-order valence-electron chi connectivity index (χ0n) is 21.5. The second-order valence-electron chi connectivity index (χ2n) is 10.5. The van der Waals surface area contributed by atoms with Crippen molar-refractivity contribution < 1.29 is 13.6 Å². The molecule has 0 aromatic rings. The highest BCUT2D eigenvalue weighted by Crippen LogP contribution is 2.39. The molecule has 4 aliphatic heterocycles. The number of halogens is 1. The molecular weight excluding hydrogens is 469 g/mol. The Morgan fingerprint density at radius 1 is 1.24 bits per heavy atom. The number of hydrogen-bond donors (Lipinski definition) is 3. The number of carbonyl (C=O) groups excluding carboxylic acids is 1. The molecule has 5 unspecified atom stereocenters. The third kappa shape index (κ3) is 5.01. The Labute approximate surface area is 210 Å². The Bertz CT molecular complexity index is 763. The highest BCUT2D eigenvalue weighted by atomic mass is 32.2. The fourth-order valence-corrected chi connectivity index (χ4v) is 10.1. The van der Waals surface area contributed by atoms with Gasteiger partial charge in [-0.05, 0) is 63.4 Å². The summed E-state index contributed by atoms with van der Waals surface area (Å²) in [6, 6.07) is 3.47. The van der Waals surface area contributed by atoms with E-state index < -0.39 is 8.32 Å². The maximum atomic E-state index is 15.2. The first-order valence-electron chi connectivity index (χ1n) is 13.2. The van der Waals surface area contributed by atoms with E-state index in [0.29, 0.717) is 13.0 Å². The summed E-state index contributed by atoms with van der Waals surface area (Å²) in [5.41, 5.74) is -0.281. The van der Waals surface area contributed by atoms with E-state index in [1.165, 1.54) is 0 Å². The third-order valence-corrected chi connectivity index (χ3v) is 14.2. The molecule has 194 valence electrons. The van der Waals surface area contributed by atoms with Crippen LogP contribution in [-0.2, 0) is 9.22 Å². The van der Waals surface area contributed by atoms with Crippen LogP contribution in [0.2, 0.25) is 18.1 Å². The van der Waals surface area contributed by atoms with Gasteiger partial charge in [0, 0.05) is 12.6 Å². The number of fused-ring (bicyclic) bond motifs is 6. The fourth-order valence-electron chi connectivity index (χ4n) is 6.37. The molecule has 0 aliphatic carbocycles. The van der Waals surface area contributed by atoms with Gasteiger partial charge in [-0.2, -0.15) is 5.01 Å². The summed E-state index contributed by atoms with van der Waals surface area (Å²) in [6.07, 6.45) is 8.02. The highest BCUT2D eigenvalue weighted by Gasteiger charge is 2.53. The minimum absolute atomic E-state index is 0.00431. The van der Waals surface area contributed by atoms with E-state index >= 15 is 4.39 Å². The molecule has 0 saturated carbocycles. The SMILES string of the molecule is CC[Si](CC)(CC)O[C@]1(C)CC/C=C(\F)CN2C(=O)C3CNC(SC)NC3N2C2CCCC1N2. The van der Waals surface area contributed by atoms with Crippen molar-refractivity contribution in [2.75, 3.05) is 19.3 Å². The number of carbonyl (C=O) groups is 1. The number of piperidine rings is 1. The third-order valence-electron chi connectivity index (χ3n) is 8.71. The van der Waals surface area contributed by atoms with Crippen molar-refractivity contribution >= 4 is 26.0 Å². The van der Waals surface area contributed by atoms with Gasteiger partial charge in [0.15, 0.2) is 8.32 Å². The molecule has 0 radical (unpaired) electrons. The quantitative estimate of drug-likeness (QED) is 0.468. The van der Waals surface area contributed by atoms with Crippen LogP contribution in [0, 0.1) is 5.92 Å². The van der Waals surface area contributed by atoms with Gasteiger partial charge in [-0.3, -0.25) is 25.8 Å². The minimum Gasteiger partial charge on any atom is -0.410 e. The standard InChI is InChI=1S/C24H44FN5O2SSi/c1-6-34(7-2,8-3)32-24(4)14-10-11-17(25)16-29-22(31)18-15-26-23(33-5)28-21(18)30(29)20-13-9-12-19(24)27-20/h11,18-21,23,26-28H,6-10,12-16H2,1-5H3/b17-11-/t18?,19?,20?,21?,23?,24-/m1/s1. The number of nitrogens with one attached hydrogen (secondary N) is 3. The van der Waals surface area contributed by atoms with Crippen LogP contribution in [0.1, 0.15) is 59.8 Å². The number of nitrogens with zero attached hydrogens (tertiary/aromatic N) is 2. The maximum absolute atomic E-state index is 15.2. The Morgan fingerprint density at radius 3 is 2.65 bits per heavy atom. The van der Waals surface area contributed by atoms with Gasteiger partial charge in [-0.1, -0.05) is 26.8 Å². The van der Waals surface area contributed by atoms with E-state index in [1.807, 2.05) is 0 Å². The van der Waals surface area contributed by atoms with E-state index in [-0.39, 0.29) is 53.7 Å². The van der Waals surface area contributed by atoms with E-state index in [9.17, 15) is 4.79 Å². The van der Waals surface area contributed by atoms with Crippen molar-refractivity contribution in [3.05, 3.63) is 11.9 Å². The molecule has 7 nitrogen and oxygen atoms in total. The molecule has 3 saturated heterocycles.